The predicted octanol–water partition coefficient (Wildman–Crippen LogP) is 1.64. The topological polar surface area (TPSA) is 40.7 Å². The maximum absolute atomic E-state index is 12.2. The Bertz CT molecular complexity index is 338. The van der Waals surface area contributed by atoms with Crippen LogP contribution in [-0.4, -0.2) is 17.2 Å². The standard InChI is InChI=1S/C8H10F3N3/c1-12-7(2-3-7)5-4-6(14-13-5)8(9,10)11/h4,12H,2-3H2,1H3,(H,13,14). The molecule has 0 atom stereocenters. The first-order valence-electron chi connectivity index (χ1n) is 4.30. The van der Waals surface area contributed by atoms with Crippen LogP contribution < -0.4 is 5.32 Å². The average molecular weight is 205 g/mol. The van der Waals surface area contributed by atoms with Crippen molar-refractivity contribution in [3.63, 3.8) is 0 Å². The normalized spacial score (nSPS) is 19.7. The third-order valence-electron chi connectivity index (χ3n) is 2.61. The van der Waals surface area contributed by atoms with Gasteiger partial charge in [-0.3, -0.25) is 5.10 Å². The number of nitrogens with one attached hydrogen (secondary N) is 2. The van der Waals surface area contributed by atoms with Crippen molar-refractivity contribution < 1.29 is 13.2 Å². The van der Waals surface area contributed by atoms with E-state index in [1.807, 2.05) is 0 Å². The molecular formula is C8H10F3N3. The number of aromatic nitrogens is 2. The van der Waals surface area contributed by atoms with Crippen molar-refractivity contribution >= 4 is 0 Å². The molecule has 1 aliphatic carbocycles. The van der Waals surface area contributed by atoms with Crippen LogP contribution in [0.1, 0.15) is 24.2 Å². The molecule has 1 aromatic rings. The summed E-state index contributed by atoms with van der Waals surface area (Å²) in [6, 6.07) is 1.07. The number of hydrogen-bond donors (Lipinski definition) is 2. The Labute approximate surface area is 78.7 Å². The van der Waals surface area contributed by atoms with Gasteiger partial charge in [0.1, 0.15) is 0 Å². The lowest BCUT2D eigenvalue weighted by Crippen LogP contribution is -2.24. The molecule has 1 aliphatic rings. The highest BCUT2D eigenvalue weighted by molar-refractivity contribution is 5.25. The van der Waals surface area contributed by atoms with Gasteiger partial charge in [-0.25, -0.2) is 0 Å². The lowest BCUT2D eigenvalue weighted by molar-refractivity contribution is -0.141. The summed E-state index contributed by atoms with van der Waals surface area (Å²) in [5, 5.41) is 8.68. The van der Waals surface area contributed by atoms with E-state index in [1.54, 1.807) is 7.05 Å². The smallest absolute Gasteiger partial charge is 0.309 e. The molecule has 14 heavy (non-hydrogen) atoms. The van der Waals surface area contributed by atoms with Crippen LogP contribution in [-0.2, 0) is 11.7 Å². The van der Waals surface area contributed by atoms with E-state index in [-0.39, 0.29) is 5.54 Å². The molecule has 0 saturated heterocycles. The van der Waals surface area contributed by atoms with Gasteiger partial charge in [0.2, 0.25) is 0 Å². The van der Waals surface area contributed by atoms with E-state index >= 15 is 0 Å². The number of halogens is 3. The molecule has 0 bridgehead atoms. The molecular weight excluding hydrogens is 195 g/mol. The highest BCUT2D eigenvalue weighted by Crippen LogP contribution is 2.45. The molecule has 0 unspecified atom stereocenters. The van der Waals surface area contributed by atoms with Crippen LogP contribution in [0.25, 0.3) is 0 Å². The minimum absolute atomic E-state index is 0.295. The Morgan fingerprint density at radius 3 is 2.50 bits per heavy atom. The van der Waals surface area contributed by atoms with Crippen LogP contribution in [0, 0.1) is 0 Å². The van der Waals surface area contributed by atoms with E-state index < -0.39 is 11.9 Å². The van der Waals surface area contributed by atoms with E-state index in [9.17, 15) is 13.2 Å². The summed E-state index contributed by atoms with van der Waals surface area (Å²) in [5.41, 5.74) is -0.627. The molecule has 1 aromatic heterocycles. The molecule has 1 heterocycles. The van der Waals surface area contributed by atoms with Crippen molar-refractivity contribution in [2.45, 2.75) is 24.6 Å². The third kappa shape index (κ3) is 1.39. The summed E-state index contributed by atoms with van der Waals surface area (Å²) in [6.45, 7) is 0. The Morgan fingerprint density at radius 2 is 2.14 bits per heavy atom. The van der Waals surface area contributed by atoms with E-state index in [0.29, 0.717) is 5.69 Å². The zero-order valence-corrected chi connectivity index (χ0v) is 7.57. The number of aromatic amines is 1. The van der Waals surface area contributed by atoms with Gasteiger partial charge in [0, 0.05) is 0 Å². The summed E-state index contributed by atoms with van der Waals surface area (Å²) < 4.78 is 36.6. The summed E-state index contributed by atoms with van der Waals surface area (Å²) >= 11 is 0. The first kappa shape index (κ1) is 9.51. The molecule has 3 nitrogen and oxygen atoms in total. The van der Waals surface area contributed by atoms with Gasteiger partial charge in [-0.15, -0.1) is 0 Å². The summed E-state index contributed by atoms with van der Waals surface area (Å²) in [5.74, 6) is 0. The third-order valence-corrected chi connectivity index (χ3v) is 2.61. The van der Waals surface area contributed by atoms with Gasteiger partial charge in [0.05, 0.1) is 11.2 Å². The van der Waals surface area contributed by atoms with Gasteiger partial charge >= 0.3 is 6.18 Å². The second-order valence-electron chi connectivity index (χ2n) is 3.50. The molecule has 0 aliphatic heterocycles. The second-order valence-corrected chi connectivity index (χ2v) is 3.50. The molecule has 0 radical (unpaired) electrons. The number of H-pyrrole nitrogens is 1. The van der Waals surface area contributed by atoms with E-state index in [2.05, 4.69) is 15.5 Å². The van der Waals surface area contributed by atoms with Gasteiger partial charge < -0.3 is 5.32 Å². The fourth-order valence-corrected chi connectivity index (χ4v) is 1.49. The van der Waals surface area contributed by atoms with Gasteiger partial charge in [-0.05, 0) is 26.0 Å². The molecule has 1 fully saturated rings. The van der Waals surface area contributed by atoms with E-state index in [0.717, 1.165) is 18.9 Å². The van der Waals surface area contributed by atoms with Crippen LogP contribution in [0.4, 0.5) is 13.2 Å². The minimum atomic E-state index is -4.36. The first-order chi connectivity index (χ1) is 6.48. The van der Waals surface area contributed by atoms with Crippen LogP contribution >= 0.6 is 0 Å². The Hall–Kier alpha value is -1.04. The fourth-order valence-electron chi connectivity index (χ4n) is 1.49. The number of rotatable bonds is 2. The Balaban J connectivity index is 2.27. The fraction of sp³-hybridized carbons (Fsp3) is 0.625. The SMILES string of the molecule is CNC1(c2cc(C(F)(F)F)n[nH]2)CC1. The molecule has 0 aromatic carbocycles. The second kappa shape index (κ2) is 2.73. The van der Waals surface area contributed by atoms with Crippen molar-refractivity contribution in [1.82, 2.24) is 15.5 Å². The highest BCUT2D eigenvalue weighted by atomic mass is 19.4. The zero-order chi connectivity index (χ0) is 10.4. The van der Waals surface area contributed by atoms with Crippen LogP contribution in [0.5, 0.6) is 0 Å². The minimum Gasteiger partial charge on any atom is -0.309 e. The maximum atomic E-state index is 12.2. The monoisotopic (exact) mass is 205 g/mol. The lowest BCUT2D eigenvalue weighted by Gasteiger charge is -2.10. The van der Waals surface area contributed by atoms with Crippen molar-refractivity contribution in [3.8, 4) is 0 Å². The molecule has 2 rings (SSSR count). The summed E-state index contributed by atoms with van der Waals surface area (Å²) in [4.78, 5) is 0. The Kier molecular flexibility index (Phi) is 1.85. The molecule has 78 valence electrons. The van der Waals surface area contributed by atoms with Crippen molar-refractivity contribution in [2.75, 3.05) is 7.05 Å². The number of nitrogens with zero attached hydrogens (tertiary/aromatic N) is 1. The average Bonchev–Trinajstić information content (AvgIpc) is 2.73. The number of alkyl halides is 3. The summed E-state index contributed by atoms with van der Waals surface area (Å²) in [6.07, 6.45) is -2.66. The van der Waals surface area contributed by atoms with E-state index in [1.165, 1.54) is 0 Å². The zero-order valence-electron chi connectivity index (χ0n) is 7.57. The predicted molar refractivity (Wildman–Crippen MR) is 43.6 cm³/mol. The van der Waals surface area contributed by atoms with Crippen LogP contribution in [0.3, 0.4) is 0 Å². The molecule has 1 saturated carbocycles. The van der Waals surface area contributed by atoms with Crippen molar-refractivity contribution in [1.29, 1.82) is 0 Å². The Morgan fingerprint density at radius 1 is 1.50 bits per heavy atom. The molecule has 6 heteroatoms. The lowest BCUT2D eigenvalue weighted by atomic mass is 10.2. The van der Waals surface area contributed by atoms with Crippen molar-refractivity contribution in [3.05, 3.63) is 17.5 Å². The molecule has 0 spiro atoms. The maximum Gasteiger partial charge on any atom is 0.435 e. The van der Waals surface area contributed by atoms with Gasteiger partial charge in [0.15, 0.2) is 5.69 Å². The van der Waals surface area contributed by atoms with Crippen LogP contribution in [0.15, 0.2) is 6.07 Å². The van der Waals surface area contributed by atoms with Crippen LogP contribution in [0.2, 0.25) is 0 Å². The number of hydrogen-bond acceptors (Lipinski definition) is 2. The van der Waals surface area contributed by atoms with Gasteiger partial charge in [-0.1, -0.05) is 0 Å². The van der Waals surface area contributed by atoms with Gasteiger partial charge in [0.25, 0.3) is 0 Å². The molecule has 2 N–H and O–H groups in total. The molecule has 0 amide bonds. The quantitative estimate of drug-likeness (QED) is 0.770. The van der Waals surface area contributed by atoms with Gasteiger partial charge in [-0.2, -0.15) is 18.3 Å². The van der Waals surface area contributed by atoms with Crippen molar-refractivity contribution in [2.24, 2.45) is 0 Å². The first-order valence-corrected chi connectivity index (χ1v) is 4.30. The largest absolute Gasteiger partial charge is 0.435 e. The van der Waals surface area contributed by atoms with E-state index in [4.69, 9.17) is 0 Å². The summed E-state index contributed by atoms with van der Waals surface area (Å²) in [7, 11) is 1.74. The highest BCUT2D eigenvalue weighted by Gasteiger charge is 2.46.